The minimum atomic E-state index is -0.0189. The summed E-state index contributed by atoms with van der Waals surface area (Å²) in [7, 11) is 0. The molecule has 0 aromatic heterocycles. The third kappa shape index (κ3) is 3.35. The molecular weight excluding hydrogens is 260 g/mol. The van der Waals surface area contributed by atoms with Crippen molar-refractivity contribution in [1.29, 1.82) is 5.26 Å². The first-order valence-corrected chi connectivity index (χ1v) is 6.90. The number of rotatable bonds is 2. The van der Waals surface area contributed by atoms with E-state index in [0.717, 1.165) is 16.9 Å². The number of nitriles is 1. The van der Waals surface area contributed by atoms with E-state index in [0.29, 0.717) is 17.0 Å². The Labute approximate surface area is 126 Å². The van der Waals surface area contributed by atoms with Crippen LogP contribution < -0.4 is 10.5 Å². The molecule has 2 N–H and O–H groups in total. The monoisotopic (exact) mass is 280 g/mol. The van der Waals surface area contributed by atoms with E-state index in [1.54, 1.807) is 18.2 Å². The molecule has 0 saturated carbocycles. The van der Waals surface area contributed by atoms with Crippen LogP contribution in [0, 0.1) is 18.3 Å². The third-order valence-corrected chi connectivity index (χ3v) is 3.32. The summed E-state index contributed by atoms with van der Waals surface area (Å²) < 4.78 is 6.01. The van der Waals surface area contributed by atoms with Gasteiger partial charge in [0.25, 0.3) is 0 Å². The van der Waals surface area contributed by atoms with Gasteiger partial charge in [0.05, 0.1) is 5.56 Å². The van der Waals surface area contributed by atoms with Gasteiger partial charge in [0.1, 0.15) is 17.6 Å². The highest BCUT2D eigenvalue weighted by molar-refractivity contribution is 5.57. The number of aryl methyl sites for hydroxylation is 1. The molecule has 0 atom stereocenters. The van der Waals surface area contributed by atoms with E-state index >= 15 is 0 Å². The molecule has 0 fully saturated rings. The first-order chi connectivity index (χ1) is 9.81. The van der Waals surface area contributed by atoms with E-state index in [9.17, 15) is 0 Å². The highest BCUT2D eigenvalue weighted by atomic mass is 16.5. The van der Waals surface area contributed by atoms with Crippen LogP contribution in [0.1, 0.15) is 37.5 Å². The lowest BCUT2D eigenvalue weighted by Gasteiger charge is -2.23. The highest BCUT2D eigenvalue weighted by Crippen LogP contribution is 2.35. The van der Waals surface area contributed by atoms with Crippen LogP contribution in [-0.4, -0.2) is 0 Å². The summed E-state index contributed by atoms with van der Waals surface area (Å²) in [5.74, 6) is 1.44. The van der Waals surface area contributed by atoms with Crippen LogP contribution in [0.25, 0.3) is 0 Å². The van der Waals surface area contributed by atoms with Crippen molar-refractivity contribution in [2.45, 2.75) is 33.1 Å². The molecule has 0 aliphatic carbocycles. The molecule has 21 heavy (non-hydrogen) atoms. The van der Waals surface area contributed by atoms with Gasteiger partial charge in [-0.15, -0.1) is 0 Å². The minimum absolute atomic E-state index is 0.0189. The molecular formula is C18H20N2O. The number of ether oxygens (including phenoxy) is 1. The van der Waals surface area contributed by atoms with Gasteiger partial charge in [0.15, 0.2) is 0 Å². The average Bonchev–Trinajstić information content (AvgIpc) is 2.39. The Kier molecular flexibility index (Phi) is 3.90. The molecule has 2 aromatic rings. The molecule has 0 spiro atoms. The normalized spacial score (nSPS) is 11.0. The molecule has 0 bridgehead atoms. The summed E-state index contributed by atoms with van der Waals surface area (Å²) in [6.07, 6.45) is 0. The van der Waals surface area contributed by atoms with Crippen LogP contribution in [0.3, 0.4) is 0 Å². The first-order valence-electron chi connectivity index (χ1n) is 6.90. The zero-order valence-corrected chi connectivity index (χ0v) is 12.9. The van der Waals surface area contributed by atoms with Crippen LogP contribution in [-0.2, 0) is 5.41 Å². The highest BCUT2D eigenvalue weighted by Gasteiger charge is 2.19. The second-order valence-corrected chi connectivity index (χ2v) is 6.21. The van der Waals surface area contributed by atoms with E-state index in [1.165, 1.54) is 0 Å². The molecule has 108 valence electrons. The topological polar surface area (TPSA) is 59.0 Å². The summed E-state index contributed by atoms with van der Waals surface area (Å²) in [5, 5.41) is 9.05. The number of hydrogen-bond donors (Lipinski definition) is 1. The fourth-order valence-electron chi connectivity index (χ4n) is 2.16. The van der Waals surface area contributed by atoms with Crippen molar-refractivity contribution in [3.05, 3.63) is 53.1 Å². The van der Waals surface area contributed by atoms with Gasteiger partial charge < -0.3 is 10.5 Å². The number of benzene rings is 2. The van der Waals surface area contributed by atoms with Gasteiger partial charge in [-0.1, -0.05) is 32.9 Å². The van der Waals surface area contributed by atoms with Crippen LogP contribution in [0.15, 0.2) is 36.4 Å². The Morgan fingerprint density at radius 2 is 1.81 bits per heavy atom. The lowest BCUT2D eigenvalue weighted by molar-refractivity contribution is 0.455. The van der Waals surface area contributed by atoms with Gasteiger partial charge >= 0.3 is 0 Å². The van der Waals surface area contributed by atoms with Gasteiger partial charge in [0.2, 0.25) is 0 Å². The van der Waals surface area contributed by atoms with Crippen molar-refractivity contribution in [3.8, 4) is 17.6 Å². The summed E-state index contributed by atoms with van der Waals surface area (Å²) in [5.41, 5.74) is 8.87. The maximum absolute atomic E-state index is 9.05. The molecule has 2 aromatic carbocycles. The molecule has 0 aliphatic heterocycles. The van der Waals surface area contributed by atoms with Gasteiger partial charge in [-0.3, -0.25) is 0 Å². The molecule has 3 heteroatoms. The maximum Gasteiger partial charge on any atom is 0.131 e. The summed E-state index contributed by atoms with van der Waals surface area (Å²) >= 11 is 0. The Hall–Kier alpha value is -2.47. The van der Waals surface area contributed by atoms with Crippen molar-refractivity contribution in [2.24, 2.45) is 0 Å². The van der Waals surface area contributed by atoms with Crippen molar-refractivity contribution >= 4 is 5.69 Å². The summed E-state index contributed by atoms with van der Waals surface area (Å²) in [4.78, 5) is 0. The van der Waals surface area contributed by atoms with Gasteiger partial charge in [-0.05, 0) is 36.1 Å². The van der Waals surface area contributed by atoms with Gasteiger partial charge in [-0.2, -0.15) is 5.26 Å². The lowest BCUT2D eigenvalue weighted by atomic mass is 9.86. The molecule has 0 aliphatic rings. The second-order valence-electron chi connectivity index (χ2n) is 6.21. The molecule has 0 unspecified atom stereocenters. The Bertz CT molecular complexity index is 706. The maximum atomic E-state index is 9.05. The molecule has 0 heterocycles. The number of nitrogens with two attached hydrogens (primary N) is 1. The first kappa shape index (κ1) is 14.9. The molecule has 2 rings (SSSR count). The Morgan fingerprint density at radius 1 is 1.10 bits per heavy atom. The fourth-order valence-corrected chi connectivity index (χ4v) is 2.16. The van der Waals surface area contributed by atoms with Crippen molar-refractivity contribution in [1.82, 2.24) is 0 Å². The van der Waals surface area contributed by atoms with E-state index in [-0.39, 0.29) is 5.41 Å². The molecule has 0 amide bonds. The van der Waals surface area contributed by atoms with E-state index in [1.807, 2.05) is 13.0 Å². The predicted octanol–water partition coefficient (Wildman–Crippen LogP) is 4.54. The minimum Gasteiger partial charge on any atom is -0.457 e. The zero-order chi connectivity index (χ0) is 15.6. The fraction of sp³-hybridized carbons (Fsp3) is 0.278. The predicted molar refractivity (Wildman–Crippen MR) is 85.5 cm³/mol. The van der Waals surface area contributed by atoms with Crippen molar-refractivity contribution in [3.63, 3.8) is 0 Å². The van der Waals surface area contributed by atoms with Crippen molar-refractivity contribution in [2.75, 3.05) is 5.73 Å². The third-order valence-electron chi connectivity index (χ3n) is 3.32. The van der Waals surface area contributed by atoms with Crippen LogP contribution in [0.5, 0.6) is 11.5 Å². The quantitative estimate of drug-likeness (QED) is 0.822. The number of hydrogen-bond acceptors (Lipinski definition) is 3. The summed E-state index contributed by atoms with van der Waals surface area (Å²) in [6, 6.07) is 13.4. The van der Waals surface area contributed by atoms with Gasteiger partial charge in [-0.25, -0.2) is 0 Å². The van der Waals surface area contributed by atoms with Crippen molar-refractivity contribution < 1.29 is 4.74 Å². The number of anilines is 1. The van der Waals surface area contributed by atoms with E-state index in [4.69, 9.17) is 15.7 Å². The second kappa shape index (κ2) is 5.49. The summed E-state index contributed by atoms with van der Waals surface area (Å²) in [6.45, 7) is 8.47. The van der Waals surface area contributed by atoms with Crippen LogP contribution in [0.4, 0.5) is 5.69 Å². The average molecular weight is 280 g/mol. The lowest BCUT2D eigenvalue weighted by Crippen LogP contribution is -2.12. The smallest absolute Gasteiger partial charge is 0.131 e. The zero-order valence-electron chi connectivity index (χ0n) is 12.9. The molecule has 0 saturated heterocycles. The SMILES string of the molecule is Cc1ccc(C(C)(C)C)c(Oc2ccc(N)c(C#N)c2)c1. The van der Waals surface area contributed by atoms with Crippen LogP contribution >= 0.6 is 0 Å². The molecule has 3 nitrogen and oxygen atoms in total. The Morgan fingerprint density at radius 3 is 2.43 bits per heavy atom. The number of nitrogens with zero attached hydrogens (tertiary/aromatic N) is 1. The van der Waals surface area contributed by atoms with Crippen LogP contribution in [0.2, 0.25) is 0 Å². The molecule has 0 radical (unpaired) electrons. The van der Waals surface area contributed by atoms with E-state index < -0.39 is 0 Å². The van der Waals surface area contributed by atoms with Gasteiger partial charge in [0, 0.05) is 17.3 Å². The van der Waals surface area contributed by atoms with E-state index in [2.05, 4.69) is 39.0 Å². The Balaban J connectivity index is 2.44. The number of nitrogen functional groups attached to an aromatic ring is 1. The largest absolute Gasteiger partial charge is 0.457 e. The standard InChI is InChI=1S/C18H20N2O/c1-12-5-7-15(18(2,3)4)17(9-12)21-14-6-8-16(20)13(10-14)11-19/h5-10H,20H2,1-4H3.